The molecule has 0 radical (unpaired) electrons. The van der Waals surface area contributed by atoms with E-state index in [0.29, 0.717) is 12.4 Å². The quantitative estimate of drug-likeness (QED) is 0.500. The predicted octanol–water partition coefficient (Wildman–Crippen LogP) is 3.33. The highest BCUT2D eigenvalue weighted by molar-refractivity contribution is 7.92. The first-order valence-electron chi connectivity index (χ1n) is 10.2. The standard InChI is InChI=1S/C24H25N3O5S/c1-3-32-22-11-7-6-10-21(22)27(33(30,31)18-14-12-17(2)13-15-18)16-23(28)26-20-9-5-4-8-19(20)24(25)29/h4-15H,3,16H2,1-2H3,(H2,25,29)(H,26,28). The van der Waals surface area contributed by atoms with E-state index >= 15 is 0 Å². The van der Waals surface area contributed by atoms with Gasteiger partial charge in [-0.05, 0) is 50.2 Å². The van der Waals surface area contributed by atoms with Crippen LogP contribution in [-0.4, -0.2) is 33.4 Å². The second kappa shape index (κ2) is 10.2. The van der Waals surface area contributed by atoms with Gasteiger partial charge in [-0.15, -0.1) is 0 Å². The molecule has 3 N–H and O–H groups in total. The molecule has 0 saturated carbocycles. The molecule has 0 heterocycles. The summed E-state index contributed by atoms with van der Waals surface area (Å²) in [7, 11) is -4.12. The van der Waals surface area contributed by atoms with Crippen LogP contribution >= 0.6 is 0 Å². The van der Waals surface area contributed by atoms with Gasteiger partial charge in [0.2, 0.25) is 5.91 Å². The van der Waals surface area contributed by atoms with Crippen LogP contribution in [0.2, 0.25) is 0 Å². The molecule has 0 aliphatic carbocycles. The number of nitrogens with zero attached hydrogens (tertiary/aromatic N) is 1. The first-order valence-corrected chi connectivity index (χ1v) is 11.7. The molecule has 8 nitrogen and oxygen atoms in total. The van der Waals surface area contributed by atoms with Crippen molar-refractivity contribution in [3.8, 4) is 5.75 Å². The van der Waals surface area contributed by atoms with E-state index in [0.717, 1.165) is 9.87 Å². The summed E-state index contributed by atoms with van der Waals surface area (Å²) in [5.41, 5.74) is 6.81. The minimum atomic E-state index is -4.12. The van der Waals surface area contributed by atoms with Crippen LogP contribution in [0.15, 0.2) is 77.7 Å². The lowest BCUT2D eigenvalue weighted by atomic mass is 10.1. The third-order valence-corrected chi connectivity index (χ3v) is 6.57. The highest BCUT2D eigenvalue weighted by Crippen LogP contribution is 2.32. The van der Waals surface area contributed by atoms with Crippen molar-refractivity contribution in [2.75, 3.05) is 22.8 Å². The summed E-state index contributed by atoms with van der Waals surface area (Å²) in [6.07, 6.45) is 0. The minimum Gasteiger partial charge on any atom is -0.492 e. The average molecular weight is 468 g/mol. The van der Waals surface area contributed by atoms with Crippen LogP contribution in [0.1, 0.15) is 22.8 Å². The number of carbonyl (C=O) groups excluding carboxylic acids is 2. The summed E-state index contributed by atoms with van der Waals surface area (Å²) in [5, 5.41) is 2.59. The number of anilines is 2. The molecule has 0 aliphatic heterocycles. The van der Waals surface area contributed by atoms with E-state index in [1.54, 1.807) is 55.5 Å². The molecule has 0 atom stereocenters. The predicted molar refractivity (Wildman–Crippen MR) is 127 cm³/mol. The van der Waals surface area contributed by atoms with E-state index in [1.165, 1.54) is 24.3 Å². The van der Waals surface area contributed by atoms with Crippen molar-refractivity contribution >= 4 is 33.2 Å². The summed E-state index contributed by atoms with van der Waals surface area (Å²) >= 11 is 0. The number of para-hydroxylation sites is 3. The Kier molecular flexibility index (Phi) is 7.34. The Morgan fingerprint density at radius 2 is 1.61 bits per heavy atom. The zero-order chi connectivity index (χ0) is 24.0. The number of nitrogens with two attached hydrogens (primary N) is 1. The van der Waals surface area contributed by atoms with E-state index < -0.39 is 28.4 Å². The van der Waals surface area contributed by atoms with Gasteiger partial charge in [-0.1, -0.05) is 42.0 Å². The zero-order valence-electron chi connectivity index (χ0n) is 18.3. The van der Waals surface area contributed by atoms with Crippen molar-refractivity contribution in [1.82, 2.24) is 0 Å². The highest BCUT2D eigenvalue weighted by atomic mass is 32.2. The molecule has 0 unspecified atom stereocenters. The van der Waals surface area contributed by atoms with Crippen molar-refractivity contribution in [1.29, 1.82) is 0 Å². The maximum atomic E-state index is 13.6. The Balaban J connectivity index is 2.02. The van der Waals surface area contributed by atoms with Crippen LogP contribution in [-0.2, 0) is 14.8 Å². The van der Waals surface area contributed by atoms with Gasteiger partial charge in [0.15, 0.2) is 0 Å². The van der Waals surface area contributed by atoms with Crippen LogP contribution in [0, 0.1) is 6.92 Å². The number of hydrogen-bond donors (Lipinski definition) is 2. The van der Waals surface area contributed by atoms with Crippen LogP contribution < -0.4 is 20.1 Å². The van der Waals surface area contributed by atoms with Gasteiger partial charge in [-0.25, -0.2) is 8.42 Å². The number of hydrogen-bond acceptors (Lipinski definition) is 5. The van der Waals surface area contributed by atoms with E-state index in [2.05, 4.69) is 5.32 Å². The molecule has 0 spiro atoms. The fraction of sp³-hybridized carbons (Fsp3) is 0.167. The molecule has 0 fully saturated rings. The molecule has 3 aromatic rings. The summed E-state index contributed by atoms with van der Waals surface area (Å²) in [4.78, 5) is 24.7. The third-order valence-electron chi connectivity index (χ3n) is 4.80. The number of primary amides is 1. The van der Waals surface area contributed by atoms with Crippen LogP contribution in [0.3, 0.4) is 0 Å². The first-order chi connectivity index (χ1) is 15.7. The van der Waals surface area contributed by atoms with Gasteiger partial charge in [-0.3, -0.25) is 13.9 Å². The van der Waals surface area contributed by atoms with Gasteiger partial charge in [0.05, 0.1) is 28.4 Å². The maximum Gasteiger partial charge on any atom is 0.264 e. The Morgan fingerprint density at radius 3 is 2.27 bits per heavy atom. The average Bonchev–Trinajstić information content (AvgIpc) is 2.79. The van der Waals surface area contributed by atoms with Gasteiger partial charge >= 0.3 is 0 Å². The third kappa shape index (κ3) is 5.50. The second-order valence-electron chi connectivity index (χ2n) is 7.18. The fourth-order valence-corrected chi connectivity index (χ4v) is 4.64. The van der Waals surface area contributed by atoms with Gasteiger partial charge in [-0.2, -0.15) is 0 Å². The van der Waals surface area contributed by atoms with Crippen molar-refractivity contribution < 1.29 is 22.7 Å². The topological polar surface area (TPSA) is 119 Å². The lowest BCUT2D eigenvalue weighted by molar-refractivity contribution is -0.114. The van der Waals surface area contributed by atoms with Gasteiger partial charge < -0.3 is 15.8 Å². The minimum absolute atomic E-state index is 0.0322. The molecular weight excluding hydrogens is 442 g/mol. The van der Waals surface area contributed by atoms with Gasteiger partial charge in [0.1, 0.15) is 12.3 Å². The molecular formula is C24H25N3O5S. The Bertz CT molecular complexity index is 1260. The smallest absolute Gasteiger partial charge is 0.264 e. The summed E-state index contributed by atoms with van der Waals surface area (Å²) in [6, 6.07) is 19.2. The van der Waals surface area contributed by atoms with E-state index in [4.69, 9.17) is 10.5 Å². The number of nitrogens with one attached hydrogen (secondary N) is 1. The zero-order valence-corrected chi connectivity index (χ0v) is 19.1. The van der Waals surface area contributed by atoms with Gasteiger partial charge in [0, 0.05) is 0 Å². The highest BCUT2D eigenvalue weighted by Gasteiger charge is 2.29. The molecule has 3 aromatic carbocycles. The molecule has 0 bridgehead atoms. The van der Waals surface area contributed by atoms with E-state index in [1.807, 2.05) is 6.92 Å². The van der Waals surface area contributed by atoms with E-state index in [-0.39, 0.29) is 21.8 Å². The summed E-state index contributed by atoms with van der Waals surface area (Å²) < 4.78 is 33.8. The van der Waals surface area contributed by atoms with Crippen LogP contribution in [0.5, 0.6) is 5.75 Å². The summed E-state index contributed by atoms with van der Waals surface area (Å²) in [5.74, 6) is -1.04. The Hall–Kier alpha value is -3.85. The molecule has 0 aromatic heterocycles. The first kappa shape index (κ1) is 23.8. The van der Waals surface area contributed by atoms with Crippen LogP contribution in [0.25, 0.3) is 0 Å². The number of amides is 2. The van der Waals surface area contributed by atoms with Crippen molar-refractivity contribution in [3.05, 3.63) is 83.9 Å². The summed E-state index contributed by atoms with van der Waals surface area (Å²) in [6.45, 7) is 3.40. The van der Waals surface area contributed by atoms with Crippen LogP contribution in [0.4, 0.5) is 11.4 Å². The number of aryl methyl sites for hydroxylation is 1. The van der Waals surface area contributed by atoms with E-state index in [9.17, 15) is 18.0 Å². The molecule has 3 rings (SSSR count). The molecule has 9 heteroatoms. The lowest BCUT2D eigenvalue weighted by Gasteiger charge is -2.26. The fourth-order valence-electron chi connectivity index (χ4n) is 3.21. The molecule has 33 heavy (non-hydrogen) atoms. The van der Waals surface area contributed by atoms with Gasteiger partial charge in [0.25, 0.3) is 15.9 Å². The molecule has 2 amide bonds. The van der Waals surface area contributed by atoms with Crippen molar-refractivity contribution in [3.63, 3.8) is 0 Å². The number of sulfonamides is 1. The number of benzene rings is 3. The lowest BCUT2D eigenvalue weighted by Crippen LogP contribution is -2.38. The molecule has 172 valence electrons. The second-order valence-corrected chi connectivity index (χ2v) is 9.05. The normalized spacial score (nSPS) is 11.0. The Morgan fingerprint density at radius 1 is 0.970 bits per heavy atom. The molecule has 0 aliphatic rings. The number of ether oxygens (including phenoxy) is 1. The molecule has 0 saturated heterocycles. The van der Waals surface area contributed by atoms with Crippen molar-refractivity contribution in [2.24, 2.45) is 5.73 Å². The number of rotatable bonds is 9. The largest absolute Gasteiger partial charge is 0.492 e. The monoisotopic (exact) mass is 467 g/mol. The number of carbonyl (C=O) groups is 2. The Labute approximate surface area is 193 Å². The van der Waals surface area contributed by atoms with Crippen molar-refractivity contribution in [2.45, 2.75) is 18.7 Å². The maximum absolute atomic E-state index is 13.6. The SMILES string of the molecule is CCOc1ccccc1N(CC(=O)Nc1ccccc1C(N)=O)S(=O)(=O)c1ccc(C)cc1.